The van der Waals surface area contributed by atoms with Crippen molar-refractivity contribution in [2.24, 2.45) is 5.92 Å². The number of hydrogen-bond acceptors (Lipinski definition) is 0. The van der Waals surface area contributed by atoms with Gasteiger partial charge in [0, 0.05) is 5.92 Å². The van der Waals surface area contributed by atoms with Crippen LogP contribution in [0.4, 0.5) is 0 Å². The molecule has 0 aromatic rings. The van der Waals surface area contributed by atoms with Crippen LogP contribution in [-0.4, -0.2) is 0 Å². The van der Waals surface area contributed by atoms with Gasteiger partial charge < -0.3 is 0 Å². The van der Waals surface area contributed by atoms with E-state index in [4.69, 9.17) is 0 Å². The SMILES string of the molecule is C=C1C=CC(=C)C1CC. The summed E-state index contributed by atoms with van der Waals surface area (Å²) >= 11 is 0. The van der Waals surface area contributed by atoms with Gasteiger partial charge in [0.05, 0.1) is 0 Å². The highest BCUT2D eigenvalue weighted by Crippen LogP contribution is 2.29. The van der Waals surface area contributed by atoms with E-state index in [0.717, 1.165) is 6.42 Å². The van der Waals surface area contributed by atoms with Crippen LogP contribution in [0.1, 0.15) is 13.3 Å². The van der Waals surface area contributed by atoms with Crippen molar-refractivity contribution in [3.05, 3.63) is 36.5 Å². The van der Waals surface area contributed by atoms with Crippen LogP contribution in [-0.2, 0) is 0 Å². The quantitative estimate of drug-likeness (QED) is 0.499. The van der Waals surface area contributed by atoms with E-state index in [2.05, 4.69) is 32.2 Å². The standard InChI is InChI=1S/C9H12/c1-4-9-7(2)5-6-8(9)3/h5-6,9H,2-4H2,1H3. The molecule has 0 radical (unpaired) electrons. The van der Waals surface area contributed by atoms with Crippen molar-refractivity contribution in [3.63, 3.8) is 0 Å². The van der Waals surface area contributed by atoms with E-state index in [1.165, 1.54) is 11.1 Å². The lowest BCUT2D eigenvalue weighted by Gasteiger charge is -2.07. The molecule has 1 aliphatic carbocycles. The second kappa shape index (κ2) is 2.22. The fourth-order valence-electron chi connectivity index (χ4n) is 1.21. The van der Waals surface area contributed by atoms with Gasteiger partial charge in [-0.05, 0) is 17.6 Å². The molecule has 0 saturated heterocycles. The van der Waals surface area contributed by atoms with Crippen LogP contribution in [0.25, 0.3) is 0 Å². The van der Waals surface area contributed by atoms with Gasteiger partial charge in [0.15, 0.2) is 0 Å². The molecule has 0 aliphatic heterocycles. The van der Waals surface area contributed by atoms with Gasteiger partial charge >= 0.3 is 0 Å². The fourth-order valence-corrected chi connectivity index (χ4v) is 1.21. The minimum Gasteiger partial charge on any atom is -0.0952 e. The normalized spacial score (nSPS) is 19.7. The van der Waals surface area contributed by atoms with E-state index in [0.29, 0.717) is 5.92 Å². The third kappa shape index (κ3) is 0.973. The van der Waals surface area contributed by atoms with E-state index in [9.17, 15) is 0 Å². The zero-order valence-electron chi connectivity index (χ0n) is 5.85. The first-order valence-electron chi connectivity index (χ1n) is 3.31. The molecule has 0 N–H and O–H groups in total. The summed E-state index contributed by atoms with van der Waals surface area (Å²) in [4.78, 5) is 0. The van der Waals surface area contributed by atoms with E-state index >= 15 is 0 Å². The van der Waals surface area contributed by atoms with Gasteiger partial charge in [-0.15, -0.1) is 0 Å². The maximum Gasteiger partial charge on any atom is 0.00750 e. The Hall–Kier alpha value is -0.780. The van der Waals surface area contributed by atoms with Gasteiger partial charge in [0.1, 0.15) is 0 Å². The molecule has 0 aromatic carbocycles. The van der Waals surface area contributed by atoms with E-state index < -0.39 is 0 Å². The summed E-state index contributed by atoms with van der Waals surface area (Å²) in [5.74, 6) is 0.532. The third-order valence-electron chi connectivity index (χ3n) is 1.81. The topological polar surface area (TPSA) is 0 Å². The first-order valence-corrected chi connectivity index (χ1v) is 3.31. The molecule has 0 spiro atoms. The van der Waals surface area contributed by atoms with Crippen molar-refractivity contribution in [2.45, 2.75) is 13.3 Å². The van der Waals surface area contributed by atoms with Crippen molar-refractivity contribution in [1.29, 1.82) is 0 Å². The lowest BCUT2D eigenvalue weighted by Crippen LogP contribution is -1.95. The summed E-state index contributed by atoms with van der Waals surface area (Å²) in [6.07, 6.45) is 5.23. The van der Waals surface area contributed by atoms with Crippen LogP contribution in [0.5, 0.6) is 0 Å². The van der Waals surface area contributed by atoms with Gasteiger partial charge in [-0.25, -0.2) is 0 Å². The van der Waals surface area contributed by atoms with Gasteiger partial charge in [0.2, 0.25) is 0 Å². The van der Waals surface area contributed by atoms with Crippen molar-refractivity contribution >= 4 is 0 Å². The second-order valence-electron chi connectivity index (χ2n) is 2.44. The summed E-state index contributed by atoms with van der Waals surface area (Å²) in [5.41, 5.74) is 2.42. The molecule has 9 heavy (non-hydrogen) atoms. The summed E-state index contributed by atoms with van der Waals surface area (Å²) in [6, 6.07) is 0. The highest BCUT2D eigenvalue weighted by molar-refractivity contribution is 5.40. The average molecular weight is 120 g/mol. The lowest BCUT2D eigenvalue weighted by molar-refractivity contribution is 0.736. The van der Waals surface area contributed by atoms with Crippen molar-refractivity contribution in [3.8, 4) is 0 Å². The van der Waals surface area contributed by atoms with Crippen LogP contribution in [0.2, 0.25) is 0 Å². The molecule has 0 saturated carbocycles. The smallest absolute Gasteiger partial charge is 0.00750 e. The minimum absolute atomic E-state index is 0.532. The molecule has 48 valence electrons. The summed E-state index contributed by atoms with van der Waals surface area (Å²) in [5, 5.41) is 0. The first-order chi connectivity index (χ1) is 4.25. The second-order valence-corrected chi connectivity index (χ2v) is 2.44. The number of hydrogen-bond donors (Lipinski definition) is 0. The molecule has 0 fully saturated rings. The van der Waals surface area contributed by atoms with E-state index in [-0.39, 0.29) is 0 Å². The summed E-state index contributed by atoms with van der Waals surface area (Å²) in [6.45, 7) is 9.98. The van der Waals surface area contributed by atoms with Crippen LogP contribution in [0, 0.1) is 5.92 Å². The number of rotatable bonds is 1. The van der Waals surface area contributed by atoms with Crippen LogP contribution >= 0.6 is 0 Å². The molecule has 0 heterocycles. The van der Waals surface area contributed by atoms with Gasteiger partial charge in [-0.3, -0.25) is 0 Å². The molecule has 0 atom stereocenters. The summed E-state index contributed by atoms with van der Waals surface area (Å²) < 4.78 is 0. The largest absolute Gasteiger partial charge is 0.0952 e. The molecule has 0 aromatic heterocycles. The van der Waals surface area contributed by atoms with E-state index in [1.807, 2.05) is 0 Å². The third-order valence-corrected chi connectivity index (χ3v) is 1.81. The number of allylic oxidation sites excluding steroid dienone is 4. The highest BCUT2D eigenvalue weighted by Gasteiger charge is 2.14. The minimum atomic E-state index is 0.532. The average Bonchev–Trinajstić information content (AvgIpc) is 2.12. The molecular formula is C9H12. The zero-order valence-corrected chi connectivity index (χ0v) is 5.85. The zero-order chi connectivity index (χ0) is 6.85. The lowest BCUT2D eigenvalue weighted by atomic mass is 9.97. The maximum absolute atomic E-state index is 3.91. The Labute approximate surface area is 56.6 Å². The predicted octanol–water partition coefficient (Wildman–Crippen LogP) is 2.69. The van der Waals surface area contributed by atoms with Gasteiger partial charge in [0.25, 0.3) is 0 Å². The van der Waals surface area contributed by atoms with Gasteiger partial charge in [-0.2, -0.15) is 0 Å². The molecule has 0 nitrogen and oxygen atoms in total. The monoisotopic (exact) mass is 120 g/mol. The van der Waals surface area contributed by atoms with Crippen LogP contribution in [0.3, 0.4) is 0 Å². The summed E-state index contributed by atoms with van der Waals surface area (Å²) in [7, 11) is 0. The molecule has 1 rings (SSSR count). The molecule has 0 amide bonds. The van der Waals surface area contributed by atoms with Crippen molar-refractivity contribution < 1.29 is 0 Å². The van der Waals surface area contributed by atoms with Crippen molar-refractivity contribution in [2.75, 3.05) is 0 Å². The van der Waals surface area contributed by atoms with E-state index in [1.54, 1.807) is 0 Å². The molecule has 0 bridgehead atoms. The molecule has 1 aliphatic rings. The first kappa shape index (κ1) is 6.34. The Kier molecular flexibility index (Phi) is 1.56. The Morgan fingerprint density at radius 3 is 2.00 bits per heavy atom. The van der Waals surface area contributed by atoms with Crippen LogP contribution < -0.4 is 0 Å². The Bertz CT molecular complexity index is 154. The predicted molar refractivity (Wildman–Crippen MR) is 41.2 cm³/mol. The molecular weight excluding hydrogens is 108 g/mol. The fraction of sp³-hybridized carbons (Fsp3) is 0.333. The Balaban J connectivity index is 2.75. The van der Waals surface area contributed by atoms with Gasteiger partial charge in [-0.1, -0.05) is 32.2 Å². The Morgan fingerprint density at radius 2 is 1.78 bits per heavy atom. The highest BCUT2D eigenvalue weighted by atomic mass is 14.2. The molecule has 0 heteroatoms. The Morgan fingerprint density at radius 1 is 1.33 bits per heavy atom. The van der Waals surface area contributed by atoms with Crippen molar-refractivity contribution in [1.82, 2.24) is 0 Å². The molecule has 0 unspecified atom stereocenters. The van der Waals surface area contributed by atoms with Crippen LogP contribution in [0.15, 0.2) is 36.5 Å². The maximum atomic E-state index is 3.91.